The molecule has 0 bridgehead atoms. The number of likely N-dealkylation sites (N-methyl/N-ethyl adjacent to an activating group) is 1. The molecular weight excluding hydrogens is 360 g/mol. The van der Waals surface area contributed by atoms with E-state index in [0.29, 0.717) is 23.4 Å². The molecule has 21 heavy (non-hydrogen) atoms. The van der Waals surface area contributed by atoms with E-state index >= 15 is 0 Å². The van der Waals surface area contributed by atoms with Crippen molar-refractivity contribution in [1.29, 1.82) is 0 Å². The zero-order valence-electron chi connectivity index (χ0n) is 12.4. The minimum Gasteiger partial charge on any atom is -0.496 e. The maximum Gasteiger partial charge on any atom is 0.240 e. The number of sulfonamides is 1. The van der Waals surface area contributed by atoms with Gasteiger partial charge in [-0.05, 0) is 48.2 Å². The van der Waals surface area contributed by atoms with Crippen LogP contribution in [0.1, 0.15) is 0 Å². The number of nitrogens with one attached hydrogen (secondary N) is 1. The molecule has 1 aromatic carbocycles. The number of benzene rings is 1. The summed E-state index contributed by atoms with van der Waals surface area (Å²) in [6, 6.07) is 4.61. The topological polar surface area (TPSA) is 67.9 Å². The summed E-state index contributed by atoms with van der Waals surface area (Å²) in [4.78, 5) is 2.18. The lowest BCUT2D eigenvalue weighted by molar-refractivity contribution is 0.122. The Balaban J connectivity index is 2.48. The molecule has 0 unspecified atom stereocenters. The fraction of sp³-hybridized carbons (Fsp3) is 0.538. The molecule has 0 saturated heterocycles. The second-order valence-corrected chi connectivity index (χ2v) is 7.23. The van der Waals surface area contributed by atoms with Crippen LogP contribution in [0.5, 0.6) is 5.75 Å². The first-order valence-electron chi connectivity index (χ1n) is 6.42. The maximum absolute atomic E-state index is 12.1. The minimum absolute atomic E-state index is 0.184. The Kier molecular flexibility index (Phi) is 7.61. The Hall–Kier alpha value is -0.670. The van der Waals surface area contributed by atoms with Gasteiger partial charge in [-0.2, -0.15) is 0 Å². The average Bonchev–Trinajstić information content (AvgIpc) is 2.42. The highest BCUT2D eigenvalue weighted by Crippen LogP contribution is 2.27. The molecule has 0 fully saturated rings. The van der Waals surface area contributed by atoms with Gasteiger partial charge < -0.3 is 14.4 Å². The van der Waals surface area contributed by atoms with Crippen LogP contribution in [0.2, 0.25) is 0 Å². The molecule has 0 spiro atoms. The molecule has 6 nitrogen and oxygen atoms in total. The third-order valence-corrected chi connectivity index (χ3v) is 4.73. The predicted molar refractivity (Wildman–Crippen MR) is 85.3 cm³/mol. The molecule has 0 aliphatic heterocycles. The molecule has 1 rings (SSSR count). The van der Waals surface area contributed by atoms with Crippen molar-refractivity contribution in [2.45, 2.75) is 4.90 Å². The lowest BCUT2D eigenvalue weighted by Crippen LogP contribution is -2.28. The van der Waals surface area contributed by atoms with Crippen molar-refractivity contribution in [2.75, 3.05) is 47.5 Å². The van der Waals surface area contributed by atoms with Crippen molar-refractivity contribution in [3.05, 3.63) is 22.7 Å². The van der Waals surface area contributed by atoms with Crippen LogP contribution >= 0.6 is 15.9 Å². The average molecular weight is 381 g/mol. The number of hydrogen-bond donors (Lipinski definition) is 1. The largest absolute Gasteiger partial charge is 0.496 e. The van der Waals surface area contributed by atoms with Crippen molar-refractivity contribution in [2.24, 2.45) is 0 Å². The first-order valence-corrected chi connectivity index (χ1v) is 8.70. The van der Waals surface area contributed by atoms with E-state index in [0.717, 1.165) is 6.54 Å². The van der Waals surface area contributed by atoms with E-state index in [1.165, 1.54) is 19.2 Å². The highest BCUT2D eigenvalue weighted by atomic mass is 79.9. The second-order valence-electron chi connectivity index (χ2n) is 4.61. The molecule has 0 saturated carbocycles. The van der Waals surface area contributed by atoms with E-state index in [1.54, 1.807) is 6.07 Å². The molecule has 0 amide bonds. The number of halogens is 1. The summed E-state index contributed by atoms with van der Waals surface area (Å²) in [5.41, 5.74) is 0. The molecule has 0 aliphatic carbocycles. The molecule has 0 heterocycles. The van der Waals surface area contributed by atoms with E-state index in [9.17, 15) is 8.42 Å². The van der Waals surface area contributed by atoms with Gasteiger partial charge in [0.25, 0.3) is 0 Å². The van der Waals surface area contributed by atoms with Gasteiger partial charge in [0, 0.05) is 13.1 Å². The van der Waals surface area contributed by atoms with Crippen LogP contribution < -0.4 is 9.46 Å². The van der Waals surface area contributed by atoms with Gasteiger partial charge in [-0.15, -0.1) is 0 Å². The van der Waals surface area contributed by atoms with Crippen molar-refractivity contribution in [1.82, 2.24) is 9.62 Å². The number of rotatable bonds is 9. The smallest absolute Gasteiger partial charge is 0.240 e. The van der Waals surface area contributed by atoms with Gasteiger partial charge in [-0.25, -0.2) is 13.1 Å². The molecule has 0 radical (unpaired) electrons. The van der Waals surface area contributed by atoms with E-state index in [-0.39, 0.29) is 11.4 Å². The van der Waals surface area contributed by atoms with Crippen molar-refractivity contribution in [3.63, 3.8) is 0 Å². The molecule has 0 aromatic heterocycles. The SMILES string of the molecule is COc1ccc(S(=O)(=O)NCCOCCN(C)C)cc1Br. The first kappa shape index (κ1) is 18.4. The van der Waals surface area contributed by atoms with Gasteiger partial charge in [-0.1, -0.05) is 0 Å². The fourth-order valence-electron chi connectivity index (χ4n) is 1.49. The summed E-state index contributed by atoms with van der Waals surface area (Å²) in [6.45, 7) is 1.95. The Labute approximate surface area is 134 Å². The van der Waals surface area contributed by atoms with Crippen LogP contribution in [0.25, 0.3) is 0 Å². The van der Waals surface area contributed by atoms with Gasteiger partial charge in [0.05, 0.1) is 29.7 Å². The van der Waals surface area contributed by atoms with Gasteiger partial charge in [0.15, 0.2) is 0 Å². The number of ether oxygens (including phenoxy) is 2. The summed E-state index contributed by atoms with van der Waals surface area (Å²) in [5, 5.41) is 0. The third-order valence-electron chi connectivity index (χ3n) is 2.65. The van der Waals surface area contributed by atoms with Crippen molar-refractivity contribution >= 4 is 26.0 Å². The molecule has 0 atom stereocenters. The quantitative estimate of drug-likeness (QED) is 0.654. The predicted octanol–water partition coefficient (Wildman–Crippen LogP) is 1.31. The highest BCUT2D eigenvalue weighted by Gasteiger charge is 2.15. The van der Waals surface area contributed by atoms with Gasteiger partial charge in [0.2, 0.25) is 10.0 Å². The molecular formula is C13H21BrN2O4S. The summed E-state index contributed by atoms with van der Waals surface area (Å²) >= 11 is 3.27. The van der Waals surface area contributed by atoms with E-state index in [1.807, 2.05) is 19.0 Å². The normalized spacial score (nSPS) is 11.9. The minimum atomic E-state index is -3.54. The molecule has 1 N–H and O–H groups in total. The van der Waals surface area contributed by atoms with Crippen LogP contribution in [-0.2, 0) is 14.8 Å². The van der Waals surface area contributed by atoms with E-state index in [4.69, 9.17) is 9.47 Å². The van der Waals surface area contributed by atoms with E-state index < -0.39 is 10.0 Å². The number of hydrogen-bond acceptors (Lipinski definition) is 5. The molecule has 0 aliphatic rings. The lowest BCUT2D eigenvalue weighted by atomic mass is 10.3. The first-order chi connectivity index (χ1) is 9.86. The summed E-state index contributed by atoms with van der Waals surface area (Å²) in [6.07, 6.45) is 0. The van der Waals surface area contributed by atoms with Gasteiger partial charge in [0.1, 0.15) is 5.75 Å². The number of methoxy groups -OCH3 is 1. The van der Waals surface area contributed by atoms with Crippen LogP contribution in [0.3, 0.4) is 0 Å². The van der Waals surface area contributed by atoms with Crippen LogP contribution in [0.15, 0.2) is 27.6 Å². The lowest BCUT2D eigenvalue weighted by Gasteiger charge is -2.11. The summed E-state index contributed by atoms with van der Waals surface area (Å²) in [7, 11) is 1.89. The maximum atomic E-state index is 12.1. The Morgan fingerprint density at radius 3 is 2.57 bits per heavy atom. The van der Waals surface area contributed by atoms with Gasteiger partial charge in [-0.3, -0.25) is 0 Å². The number of nitrogens with zero attached hydrogens (tertiary/aromatic N) is 1. The second kappa shape index (κ2) is 8.70. The van der Waals surface area contributed by atoms with Crippen LogP contribution in [0, 0.1) is 0 Å². The van der Waals surface area contributed by atoms with Gasteiger partial charge >= 0.3 is 0 Å². The van der Waals surface area contributed by atoms with E-state index in [2.05, 4.69) is 20.7 Å². The summed E-state index contributed by atoms with van der Waals surface area (Å²) in [5.74, 6) is 0.584. The Bertz CT molecular complexity index is 549. The molecule has 120 valence electrons. The fourth-order valence-corrected chi connectivity index (χ4v) is 3.23. The summed E-state index contributed by atoms with van der Waals surface area (Å²) < 4.78 is 37.7. The Morgan fingerprint density at radius 2 is 2.00 bits per heavy atom. The van der Waals surface area contributed by atoms with Crippen molar-refractivity contribution < 1.29 is 17.9 Å². The monoisotopic (exact) mass is 380 g/mol. The molecule has 8 heteroatoms. The van der Waals surface area contributed by atoms with Crippen LogP contribution in [0.4, 0.5) is 0 Å². The zero-order valence-corrected chi connectivity index (χ0v) is 14.8. The highest BCUT2D eigenvalue weighted by molar-refractivity contribution is 9.10. The standard InChI is InChI=1S/C13H21BrN2O4S/c1-16(2)7-9-20-8-6-15-21(17,18)11-4-5-13(19-3)12(14)10-11/h4-5,10,15H,6-9H2,1-3H3. The Morgan fingerprint density at radius 1 is 1.29 bits per heavy atom. The molecule has 1 aromatic rings. The van der Waals surface area contributed by atoms with Crippen molar-refractivity contribution in [3.8, 4) is 5.75 Å². The zero-order chi connectivity index (χ0) is 15.9. The van der Waals surface area contributed by atoms with Crippen LogP contribution in [-0.4, -0.2) is 60.8 Å². The third kappa shape index (κ3) is 6.31.